The van der Waals surface area contributed by atoms with Crippen LogP contribution in [0.3, 0.4) is 0 Å². The summed E-state index contributed by atoms with van der Waals surface area (Å²) in [6.45, 7) is 1.47. The standard InChI is InChI=1S/C27H18F5N3O4/c1-2-38-24-6-4-15(7-22(24)34-14-36)17-8-25(39-13-17)23-10-20(27(30,31)32)19(11-33)26(37)35(23)12-16-3-5-18(28)9-21(16)29/h3-10,13-14H,2,12H2,1H3,(H,34,36). The van der Waals surface area contributed by atoms with E-state index in [9.17, 15) is 36.8 Å². The molecule has 4 aromatic rings. The molecule has 0 saturated carbocycles. The molecule has 0 fully saturated rings. The number of rotatable bonds is 8. The van der Waals surface area contributed by atoms with Gasteiger partial charge in [0.05, 0.1) is 36.4 Å². The van der Waals surface area contributed by atoms with E-state index in [1.807, 2.05) is 0 Å². The first-order valence-corrected chi connectivity index (χ1v) is 11.3. The van der Waals surface area contributed by atoms with E-state index in [4.69, 9.17) is 9.15 Å². The first-order valence-electron chi connectivity index (χ1n) is 11.3. The Kier molecular flexibility index (Phi) is 7.53. The van der Waals surface area contributed by atoms with Gasteiger partial charge in [-0.05, 0) is 42.8 Å². The Labute approximate surface area is 217 Å². The van der Waals surface area contributed by atoms with Gasteiger partial charge < -0.3 is 14.5 Å². The third kappa shape index (κ3) is 5.52. The van der Waals surface area contributed by atoms with Crippen LogP contribution in [0.15, 0.2) is 64.0 Å². The lowest BCUT2D eigenvalue weighted by molar-refractivity contribution is -0.137. The van der Waals surface area contributed by atoms with Crippen LogP contribution in [-0.2, 0) is 17.5 Å². The number of anilines is 1. The third-order valence-electron chi connectivity index (χ3n) is 5.74. The van der Waals surface area contributed by atoms with Gasteiger partial charge >= 0.3 is 6.18 Å². The van der Waals surface area contributed by atoms with E-state index in [1.165, 1.54) is 18.4 Å². The third-order valence-corrected chi connectivity index (χ3v) is 5.74. The molecule has 2 heterocycles. The van der Waals surface area contributed by atoms with Gasteiger partial charge in [-0.3, -0.25) is 14.2 Å². The molecule has 0 saturated heterocycles. The van der Waals surface area contributed by atoms with Crippen LogP contribution in [0, 0.1) is 23.0 Å². The molecular formula is C27H18F5N3O4. The number of ether oxygens (including phenoxy) is 1. The van der Waals surface area contributed by atoms with Gasteiger partial charge in [-0.25, -0.2) is 8.78 Å². The van der Waals surface area contributed by atoms with Gasteiger partial charge in [-0.2, -0.15) is 18.4 Å². The van der Waals surface area contributed by atoms with Crippen LogP contribution in [0.4, 0.5) is 27.6 Å². The van der Waals surface area contributed by atoms with Crippen molar-refractivity contribution in [2.75, 3.05) is 11.9 Å². The van der Waals surface area contributed by atoms with E-state index in [1.54, 1.807) is 25.1 Å². The summed E-state index contributed by atoms with van der Waals surface area (Å²) in [7, 11) is 0. The monoisotopic (exact) mass is 543 g/mol. The summed E-state index contributed by atoms with van der Waals surface area (Å²) in [6, 6.07) is 10.5. The van der Waals surface area contributed by atoms with Crippen molar-refractivity contribution in [3.63, 3.8) is 0 Å². The molecule has 12 heteroatoms. The number of aromatic nitrogens is 1. The van der Waals surface area contributed by atoms with Crippen molar-refractivity contribution in [1.29, 1.82) is 5.26 Å². The van der Waals surface area contributed by atoms with Crippen LogP contribution < -0.4 is 15.6 Å². The highest BCUT2D eigenvalue weighted by Crippen LogP contribution is 2.37. The van der Waals surface area contributed by atoms with Crippen LogP contribution in [0.5, 0.6) is 5.75 Å². The average Bonchev–Trinajstić information content (AvgIpc) is 3.37. The van der Waals surface area contributed by atoms with Gasteiger partial charge in [0.25, 0.3) is 5.56 Å². The highest BCUT2D eigenvalue weighted by Gasteiger charge is 2.37. The van der Waals surface area contributed by atoms with E-state index in [0.717, 1.165) is 16.7 Å². The number of hydrogen-bond donors (Lipinski definition) is 1. The first-order chi connectivity index (χ1) is 18.6. The minimum atomic E-state index is -5.06. The Balaban J connectivity index is 1.89. The summed E-state index contributed by atoms with van der Waals surface area (Å²) in [5, 5.41) is 11.8. The molecule has 0 unspecified atom stereocenters. The molecule has 200 valence electrons. The Morgan fingerprint density at radius 3 is 2.51 bits per heavy atom. The molecule has 0 aliphatic heterocycles. The predicted octanol–water partition coefficient (Wildman–Crippen LogP) is 5.96. The molecule has 0 aliphatic carbocycles. The Bertz CT molecular complexity index is 1650. The van der Waals surface area contributed by atoms with E-state index in [2.05, 4.69) is 5.32 Å². The summed E-state index contributed by atoms with van der Waals surface area (Å²) >= 11 is 0. The molecule has 1 N–H and O–H groups in total. The minimum Gasteiger partial charge on any atom is -0.492 e. The number of benzene rings is 2. The van der Waals surface area contributed by atoms with Gasteiger partial charge in [0.15, 0.2) is 5.76 Å². The number of alkyl halides is 3. The van der Waals surface area contributed by atoms with Gasteiger partial charge in [-0.15, -0.1) is 0 Å². The number of halogens is 5. The van der Waals surface area contributed by atoms with Crippen molar-refractivity contribution in [3.05, 3.63) is 93.5 Å². The number of nitrogens with zero attached hydrogens (tertiary/aromatic N) is 2. The van der Waals surface area contributed by atoms with E-state index in [0.29, 0.717) is 47.7 Å². The maximum atomic E-state index is 14.4. The van der Waals surface area contributed by atoms with E-state index >= 15 is 0 Å². The van der Waals surface area contributed by atoms with Crippen LogP contribution in [0.1, 0.15) is 23.6 Å². The number of nitrogens with one attached hydrogen (secondary N) is 1. The number of pyridine rings is 1. The van der Waals surface area contributed by atoms with Crippen LogP contribution in [0.2, 0.25) is 0 Å². The number of carbonyl (C=O) groups excluding carboxylic acids is 1. The quantitative estimate of drug-likeness (QED) is 0.219. The van der Waals surface area contributed by atoms with Crippen molar-refractivity contribution in [3.8, 4) is 34.4 Å². The normalized spacial score (nSPS) is 11.2. The lowest BCUT2D eigenvalue weighted by Crippen LogP contribution is -2.29. The lowest BCUT2D eigenvalue weighted by Gasteiger charge is -2.16. The van der Waals surface area contributed by atoms with Gasteiger partial charge in [0.1, 0.15) is 29.0 Å². The molecular weight excluding hydrogens is 525 g/mol. The van der Waals surface area contributed by atoms with Crippen molar-refractivity contribution >= 4 is 12.1 Å². The molecule has 0 spiro atoms. The van der Waals surface area contributed by atoms with Gasteiger partial charge in [-0.1, -0.05) is 12.1 Å². The maximum absolute atomic E-state index is 14.4. The Hall–Kier alpha value is -4.92. The molecule has 0 radical (unpaired) electrons. The zero-order valence-corrected chi connectivity index (χ0v) is 20.1. The lowest BCUT2D eigenvalue weighted by atomic mass is 10.0. The van der Waals surface area contributed by atoms with Crippen molar-refractivity contribution in [2.45, 2.75) is 19.6 Å². The number of nitriles is 1. The van der Waals surface area contributed by atoms with Crippen molar-refractivity contribution < 1.29 is 35.9 Å². The second kappa shape index (κ2) is 10.8. The number of amides is 1. The fourth-order valence-electron chi connectivity index (χ4n) is 3.95. The molecule has 4 rings (SSSR count). The fourth-order valence-corrected chi connectivity index (χ4v) is 3.95. The summed E-state index contributed by atoms with van der Waals surface area (Å²) in [5.74, 6) is -1.73. The predicted molar refractivity (Wildman–Crippen MR) is 130 cm³/mol. The number of furan rings is 1. The average molecular weight is 543 g/mol. The molecule has 39 heavy (non-hydrogen) atoms. The van der Waals surface area contributed by atoms with Crippen LogP contribution in [-0.4, -0.2) is 17.6 Å². The highest BCUT2D eigenvalue weighted by molar-refractivity contribution is 5.80. The Morgan fingerprint density at radius 2 is 1.87 bits per heavy atom. The second-order valence-corrected chi connectivity index (χ2v) is 8.16. The van der Waals surface area contributed by atoms with Crippen LogP contribution in [0.25, 0.3) is 22.6 Å². The molecule has 2 aromatic heterocycles. The molecule has 0 bridgehead atoms. The SMILES string of the molecule is CCOc1ccc(-c2coc(-c3cc(C(F)(F)F)c(C#N)c(=O)n3Cc3ccc(F)cc3F)c2)cc1NC=O. The summed E-state index contributed by atoms with van der Waals surface area (Å²) in [4.78, 5) is 24.1. The molecule has 2 aromatic carbocycles. The summed E-state index contributed by atoms with van der Waals surface area (Å²) < 4.78 is 80.9. The van der Waals surface area contributed by atoms with Gasteiger partial charge in [0.2, 0.25) is 6.41 Å². The molecule has 0 atom stereocenters. The second-order valence-electron chi connectivity index (χ2n) is 8.16. The number of carbonyl (C=O) groups is 1. The topological polar surface area (TPSA) is 97.3 Å². The van der Waals surface area contributed by atoms with Crippen LogP contribution >= 0.6 is 0 Å². The summed E-state index contributed by atoms with van der Waals surface area (Å²) in [6.07, 6.45) is -3.39. The van der Waals surface area contributed by atoms with Gasteiger partial charge in [0, 0.05) is 17.2 Å². The summed E-state index contributed by atoms with van der Waals surface area (Å²) in [5.41, 5.74) is -3.41. The molecule has 1 amide bonds. The maximum Gasteiger partial charge on any atom is 0.417 e. The largest absolute Gasteiger partial charge is 0.492 e. The Morgan fingerprint density at radius 1 is 1.10 bits per heavy atom. The van der Waals surface area contributed by atoms with E-state index in [-0.39, 0.29) is 11.3 Å². The van der Waals surface area contributed by atoms with Crippen molar-refractivity contribution in [2.24, 2.45) is 0 Å². The molecule has 0 aliphatic rings. The first kappa shape index (κ1) is 27.1. The smallest absolute Gasteiger partial charge is 0.417 e. The highest BCUT2D eigenvalue weighted by atomic mass is 19.4. The minimum absolute atomic E-state index is 0.196. The van der Waals surface area contributed by atoms with E-state index < -0.39 is 46.7 Å². The molecule has 7 nitrogen and oxygen atoms in total. The van der Waals surface area contributed by atoms with Crippen molar-refractivity contribution in [1.82, 2.24) is 4.57 Å². The number of hydrogen-bond acceptors (Lipinski definition) is 5. The zero-order valence-electron chi connectivity index (χ0n) is 20.1. The fraction of sp³-hybridized carbons (Fsp3) is 0.148. The zero-order chi connectivity index (χ0) is 28.3.